The molecule has 2 N–H and O–H groups in total. The van der Waals surface area contributed by atoms with Crippen LogP contribution in [0.3, 0.4) is 0 Å². The summed E-state index contributed by atoms with van der Waals surface area (Å²) in [6, 6.07) is 0. The summed E-state index contributed by atoms with van der Waals surface area (Å²) in [7, 11) is 0. The van der Waals surface area contributed by atoms with Gasteiger partial charge in [0.05, 0.1) is 12.1 Å². The summed E-state index contributed by atoms with van der Waals surface area (Å²) in [5.74, 6) is -1.43. The minimum Gasteiger partial charge on any atom is -0.547 e. The molecule has 4 heteroatoms. The SMILES string of the molecule is O=C([O-])C1(O)CCC(O)CC1. The van der Waals surface area contributed by atoms with Crippen LogP contribution in [-0.4, -0.2) is 27.9 Å². The number of carboxylic acids is 1. The molecule has 1 aliphatic rings. The van der Waals surface area contributed by atoms with Crippen molar-refractivity contribution in [1.29, 1.82) is 0 Å². The van der Waals surface area contributed by atoms with Gasteiger partial charge in [0.25, 0.3) is 0 Å². The van der Waals surface area contributed by atoms with E-state index in [4.69, 9.17) is 5.11 Å². The van der Waals surface area contributed by atoms with Gasteiger partial charge in [-0.15, -0.1) is 0 Å². The Morgan fingerprint density at radius 2 is 1.91 bits per heavy atom. The standard InChI is InChI=1S/C7H12O4/c8-5-1-3-7(11,4-2-5)6(9)10/h5,8,11H,1-4H2,(H,9,10)/p-1. The van der Waals surface area contributed by atoms with E-state index in [1.807, 2.05) is 0 Å². The predicted molar refractivity (Wildman–Crippen MR) is 34.4 cm³/mol. The number of carboxylic acid groups (broad SMARTS) is 1. The molecular formula is C7H11O4-. The van der Waals surface area contributed by atoms with Crippen LogP contribution in [0.5, 0.6) is 0 Å². The summed E-state index contributed by atoms with van der Waals surface area (Å²) in [5, 5.41) is 28.6. The lowest BCUT2D eigenvalue weighted by Gasteiger charge is -2.34. The van der Waals surface area contributed by atoms with Crippen molar-refractivity contribution in [3.8, 4) is 0 Å². The Bertz CT molecular complexity index is 158. The lowest BCUT2D eigenvalue weighted by atomic mass is 9.83. The van der Waals surface area contributed by atoms with Gasteiger partial charge in [0.1, 0.15) is 5.60 Å². The van der Waals surface area contributed by atoms with Gasteiger partial charge in [-0.1, -0.05) is 0 Å². The number of rotatable bonds is 1. The van der Waals surface area contributed by atoms with Crippen molar-refractivity contribution in [2.75, 3.05) is 0 Å². The quantitative estimate of drug-likeness (QED) is 0.483. The van der Waals surface area contributed by atoms with Crippen molar-refractivity contribution in [2.45, 2.75) is 37.4 Å². The topological polar surface area (TPSA) is 80.6 Å². The number of aliphatic carboxylic acids is 1. The van der Waals surface area contributed by atoms with Gasteiger partial charge in [-0.3, -0.25) is 0 Å². The molecule has 0 radical (unpaired) electrons. The van der Waals surface area contributed by atoms with Crippen LogP contribution in [0, 0.1) is 0 Å². The third-order valence-corrected chi connectivity index (χ3v) is 2.16. The molecule has 0 aromatic carbocycles. The van der Waals surface area contributed by atoms with Crippen LogP contribution < -0.4 is 5.11 Å². The molecule has 0 heterocycles. The van der Waals surface area contributed by atoms with Crippen LogP contribution in [0.1, 0.15) is 25.7 Å². The smallest absolute Gasteiger partial charge is 0.104 e. The maximum atomic E-state index is 10.3. The lowest BCUT2D eigenvalue weighted by Crippen LogP contribution is -2.50. The first-order valence-corrected chi connectivity index (χ1v) is 3.66. The Labute approximate surface area is 64.5 Å². The summed E-state index contributed by atoms with van der Waals surface area (Å²) < 4.78 is 0. The summed E-state index contributed by atoms with van der Waals surface area (Å²) in [5.41, 5.74) is -1.70. The zero-order chi connectivity index (χ0) is 8.48. The zero-order valence-corrected chi connectivity index (χ0v) is 6.12. The maximum absolute atomic E-state index is 10.3. The van der Waals surface area contributed by atoms with Gasteiger partial charge in [0.2, 0.25) is 0 Å². The largest absolute Gasteiger partial charge is 0.547 e. The van der Waals surface area contributed by atoms with Crippen molar-refractivity contribution in [3.05, 3.63) is 0 Å². The minimum absolute atomic E-state index is 0.0938. The van der Waals surface area contributed by atoms with Crippen molar-refractivity contribution in [3.63, 3.8) is 0 Å². The highest BCUT2D eigenvalue weighted by molar-refractivity contribution is 5.74. The third kappa shape index (κ3) is 1.70. The summed E-state index contributed by atoms with van der Waals surface area (Å²) in [4.78, 5) is 10.3. The van der Waals surface area contributed by atoms with Crippen molar-refractivity contribution >= 4 is 5.97 Å². The minimum atomic E-state index is -1.70. The first-order chi connectivity index (χ1) is 5.04. The van der Waals surface area contributed by atoms with Crippen LogP contribution in [0.4, 0.5) is 0 Å². The average Bonchev–Trinajstić information content (AvgIpc) is 1.95. The van der Waals surface area contributed by atoms with Gasteiger partial charge < -0.3 is 20.1 Å². The van der Waals surface area contributed by atoms with Gasteiger partial charge in [-0.25, -0.2) is 0 Å². The van der Waals surface area contributed by atoms with E-state index < -0.39 is 17.7 Å². The Kier molecular flexibility index (Phi) is 2.15. The van der Waals surface area contributed by atoms with E-state index in [-0.39, 0.29) is 12.8 Å². The van der Waals surface area contributed by atoms with E-state index in [0.29, 0.717) is 12.8 Å². The molecule has 0 bridgehead atoms. The second-order valence-corrected chi connectivity index (χ2v) is 3.05. The first kappa shape index (κ1) is 8.49. The fourth-order valence-corrected chi connectivity index (χ4v) is 1.28. The monoisotopic (exact) mass is 159 g/mol. The lowest BCUT2D eigenvalue weighted by molar-refractivity contribution is -0.327. The van der Waals surface area contributed by atoms with Crippen molar-refractivity contribution < 1.29 is 20.1 Å². The van der Waals surface area contributed by atoms with Gasteiger partial charge in [-0.05, 0) is 25.7 Å². The number of carbonyl (C=O) groups is 1. The van der Waals surface area contributed by atoms with Gasteiger partial charge in [0, 0.05) is 0 Å². The third-order valence-electron chi connectivity index (χ3n) is 2.16. The molecule has 1 saturated carbocycles. The van der Waals surface area contributed by atoms with Gasteiger partial charge in [-0.2, -0.15) is 0 Å². The van der Waals surface area contributed by atoms with E-state index in [9.17, 15) is 15.0 Å². The van der Waals surface area contributed by atoms with Crippen LogP contribution in [0.15, 0.2) is 0 Å². The highest BCUT2D eigenvalue weighted by Crippen LogP contribution is 2.27. The summed E-state index contributed by atoms with van der Waals surface area (Å²) in [6.07, 6.45) is 0.400. The van der Waals surface area contributed by atoms with E-state index in [1.54, 1.807) is 0 Å². The van der Waals surface area contributed by atoms with Crippen LogP contribution in [0.25, 0.3) is 0 Å². The average molecular weight is 159 g/mol. The van der Waals surface area contributed by atoms with Crippen LogP contribution in [0.2, 0.25) is 0 Å². The molecule has 4 nitrogen and oxygen atoms in total. The Morgan fingerprint density at radius 1 is 1.45 bits per heavy atom. The van der Waals surface area contributed by atoms with E-state index in [1.165, 1.54) is 0 Å². The number of carbonyl (C=O) groups excluding carboxylic acids is 1. The Morgan fingerprint density at radius 3 is 2.27 bits per heavy atom. The van der Waals surface area contributed by atoms with E-state index >= 15 is 0 Å². The van der Waals surface area contributed by atoms with E-state index in [2.05, 4.69) is 0 Å². The van der Waals surface area contributed by atoms with Gasteiger partial charge in [0.15, 0.2) is 0 Å². The summed E-state index contributed by atoms with van der Waals surface area (Å²) in [6.45, 7) is 0. The zero-order valence-electron chi connectivity index (χ0n) is 6.12. The molecule has 0 aromatic rings. The van der Waals surface area contributed by atoms with Crippen molar-refractivity contribution in [2.24, 2.45) is 0 Å². The molecule has 0 atom stereocenters. The molecular weight excluding hydrogens is 148 g/mol. The molecule has 1 aliphatic carbocycles. The first-order valence-electron chi connectivity index (χ1n) is 3.66. The van der Waals surface area contributed by atoms with Crippen molar-refractivity contribution in [1.82, 2.24) is 0 Å². The van der Waals surface area contributed by atoms with E-state index in [0.717, 1.165) is 0 Å². The number of hydrogen-bond donors (Lipinski definition) is 2. The maximum Gasteiger partial charge on any atom is 0.104 e. The molecule has 64 valence electrons. The molecule has 0 saturated heterocycles. The van der Waals surface area contributed by atoms with Crippen LogP contribution in [-0.2, 0) is 4.79 Å². The molecule has 0 aliphatic heterocycles. The molecule has 0 amide bonds. The highest BCUT2D eigenvalue weighted by Gasteiger charge is 2.33. The normalized spacial score (nSPS) is 38.5. The summed E-state index contributed by atoms with van der Waals surface area (Å²) >= 11 is 0. The second kappa shape index (κ2) is 2.79. The molecule has 0 unspecified atom stereocenters. The predicted octanol–water partition coefficient (Wildman–Crippen LogP) is -1.60. The Hall–Kier alpha value is -0.610. The molecule has 0 spiro atoms. The molecule has 1 rings (SSSR count). The molecule has 1 fully saturated rings. The second-order valence-electron chi connectivity index (χ2n) is 3.05. The van der Waals surface area contributed by atoms with Gasteiger partial charge >= 0.3 is 0 Å². The highest BCUT2D eigenvalue weighted by atomic mass is 16.4. The number of aliphatic hydroxyl groups excluding tert-OH is 1. The molecule has 0 aromatic heterocycles. The Balaban J connectivity index is 2.55. The van der Waals surface area contributed by atoms with Crippen LogP contribution >= 0.6 is 0 Å². The number of hydrogen-bond acceptors (Lipinski definition) is 4. The molecule has 11 heavy (non-hydrogen) atoms. The fraction of sp³-hybridized carbons (Fsp3) is 0.857. The fourth-order valence-electron chi connectivity index (χ4n) is 1.28. The number of aliphatic hydroxyl groups is 2.